The summed E-state index contributed by atoms with van der Waals surface area (Å²) in [5.41, 5.74) is 8.71. The van der Waals surface area contributed by atoms with Gasteiger partial charge in [-0.05, 0) is 17.7 Å². The Morgan fingerprint density at radius 2 is 1.95 bits per heavy atom. The number of aromatic nitrogens is 2. The van der Waals surface area contributed by atoms with Crippen LogP contribution in [0, 0.1) is 5.82 Å². The summed E-state index contributed by atoms with van der Waals surface area (Å²) in [7, 11) is 1.85. The van der Waals surface area contributed by atoms with Gasteiger partial charge in [0.1, 0.15) is 5.82 Å². The van der Waals surface area contributed by atoms with Gasteiger partial charge in [-0.25, -0.2) is 4.39 Å². The second-order valence-corrected chi connectivity index (χ2v) is 5.83. The van der Waals surface area contributed by atoms with Crippen LogP contribution < -0.4 is 5.73 Å². The van der Waals surface area contributed by atoms with Crippen molar-refractivity contribution >= 4 is 0 Å². The molecule has 0 saturated heterocycles. The molecule has 0 spiro atoms. The molecule has 0 atom stereocenters. The first-order valence-corrected chi connectivity index (χ1v) is 6.36. The van der Waals surface area contributed by atoms with Gasteiger partial charge < -0.3 is 5.73 Å². The van der Waals surface area contributed by atoms with Crippen LogP contribution >= 0.6 is 0 Å². The summed E-state index contributed by atoms with van der Waals surface area (Å²) in [6.45, 7) is 6.62. The topological polar surface area (TPSA) is 43.8 Å². The second-order valence-electron chi connectivity index (χ2n) is 5.83. The Morgan fingerprint density at radius 3 is 2.53 bits per heavy atom. The monoisotopic (exact) mass is 261 g/mol. The molecular weight excluding hydrogens is 241 g/mol. The van der Waals surface area contributed by atoms with E-state index in [0.29, 0.717) is 12.1 Å². The van der Waals surface area contributed by atoms with E-state index < -0.39 is 0 Å². The third-order valence-corrected chi connectivity index (χ3v) is 3.10. The minimum absolute atomic E-state index is 0.137. The van der Waals surface area contributed by atoms with Gasteiger partial charge in [-0.2, -0.15) is 5.10 Å². The molecule has 1 aromatic heterocycles. The van der Waals surface area contributed by atoms with Crippen LogP contribution in [0.5, 0.6) is 0 Å². The lowest BCUT2D eigenvalue weighted by Gasteiger charge is -2.18. The Balaban J connectivity index is 2.65. The molecule has 1 heterocycles. The Morgan fingerprint density at radius 1 is 1.26 bits per heavy atom. The maximum atomic E-state index is 14.1. The Labute approximate surface area is 113 Å². The summed E-state index contributed by atoms with van der Waals surface area (Å²) in [6.07, 6.45) is 1.86. The predicted octanol–water partition coefficient (Wildman–Crippen LogP) is 2.98. The fourth-order valence-corrected chi connectivity index (χ4v) is 2.15. The maximum absolute atomic E-state index is 14.1. The summed E-state index contributed by atoms with van der Waals surface area (Å²) in [6, 6.07) is 4.99. The van der Waals surface area contributed by atoms with Crippen LogP contribution in [0.15, 0.2) is 24.4 Å². The van der Waals surface area contributed by atoms with Gasteiger partial charge in [0.05, 0.1) is 5.69 Å². The van der Waals surface area contributed by atoms with Crippen molar-refractivity contribution in [2.75, 3.05) is 0 Å². The van der Waals surface area contributed by atoms with Crippen LogP contribution in [0.2, 0.25) is 0 Å². The van der Waals surface area contributed by atoms with Crippen LogP contribution in [0.25, 0.3) is 11.1 Å². The Hall–Kier alpha value is -1.68. The molecule has 2 aromatic rings. The second kappa shape index (κ2) is 4.78. The van der Waals surface area contributed by atoms with Crippen molar-refractivity contribution in [1.82, 2.24) is 9.78 Å². The summed E-state index contributed by atoms with van der Waals surface area (Å²) in [5.74, 6) is -0.240. The zero-order valence-corrected chi connectivity index (χ0v) is 11.9. The highest BCUT2D eigenvalue weighted by Crippen LogP contribution is 2.33. The molecule has 1 aromatic carbocycles. The zero-order chi connectivity index (χ0) is 14.2. The molecule has 0 aliphatic carbocycles. The number of nitrogens with two attached hydrogens (primary N) is 1. The van der Waals surface area contributed by atoms with Crippen LogP contribution in [0.3, 0.4) is 0 Å². The SMILES string of the molecule is Cn1cc(-c2cc(CN)ccc2F)c(C(C)(C)C)n1. The number of rotatable bonds is 2. The van der Waals surface area contributed by atoms with E-state index in [4.69, 9.17) is 5.73 Å². The number of hydrogen-bond donors (Lipinski definition) is 1. The average molecular weight is 261 g/mol. The summed E-state index contributed by atoms with van der Waals surface area (Å²) in [4.78, 5) is 0. The van der Waals surface area contributed by atoms with Gasteiger partial charge in [0.15, 0.2) is 0 Å². The number of nitrogens with zero attached hydrogens (tertiary/aromatic N) is 2. The molecule has 19 heavy (non-hydrogen) atoms. The van der Waals surface area contributed by atoms with Crippen molar-refractivity contribution in [2.45, 2.75) is 32.7 Å². The highest BCUT2D eigenvalue weighted by molar-refractivity contribution is 5.68. The van der Waals surface area contributed by atoms with E-state index in [1.54, 1.807) is 10.7 Å². The molecule has 2 N–H and O–H groups in total. The van der Waals surface area contributed by atoms with Crippen LogP contribution in [0.1, 0.15) is 32.0 Å². The molecule has 0 aliphatic heterocycles. The van der Waals surface area contributed by atoms with Gasteiger partial charge >= 0.3 is 0 Å². The van der Waals surface area contributed by atoms with Crippen LogP contribution in [0.4, 0.5) is 4.39 Å². The molecule has 3 nitrogen and oxygen atoms in total. The van der Waals surface area contributed by atoms with Crippen molar-refractivity contribution in [3.05, 3.63) is 41.5 Å². The van der Waals surface area contributed by atoms with E-state index in [1.807, 2.05) is 19.3 Å². The molecule has 0 amide bonds. The summed E-state index contributed by atoms with van der Waals surface area (Å²) < 4.78 is 15.8. The highest BCUT2D eigenvalue weighted by atomic mass is 19.1. The van der Waals surface area contributed by atoms with Crippen molar-refractivity contribution in [3.8, 4) is 11.1 Å². The molecule has 0 radical (unpaired) electrons. The van der Waals surface area contributed by atoms with Crippen LogP contribution in [-0.4, -0.2) is 9.78 Å². The van der Waals surface area contributed by atoms with Crippen molar-refractivity contribution in [1.29, 1.82) is 0 Å². The van der Waals surface area contributed by atoms with Crippen molar-refractivity contribution in [2.24, 2.45) is 12.8 Å². The minimum atomic E-state index is -0.240. The first-order chi connectivity index (χ1) is 8.82. The van der Waals surface area contributed by atoms with Gasteiger partial charge in [-0.3, -0.25) is 4.68 Å². The zero-order valence-electron chi connectivity index (χ0n) is 11.9. The van der Waals surface area contributed by atoms with Crippen molar-refractivity contribution in [3.63, 3.8) is 0 Å². The van der Waals surface area contributed by atoms with E-state index in [0.717, 1.165) is 16.8 Å². The first-order valence-electron chi connectivity index (χ1n) is 6.36. The largest absolute Gasteiger partial charge is 0.326 e. The van der Waals surface area contributed by atoms with Gasteiger partial charge in [-0.15, -0.1) is 0 Å². The van der Waals surface area contributed by atoms with E-state index in [9.17, 15) is 4.39 Å². The number of benzene rings is 1. The summed E-state index contributed by atoms with van der Waals surface area (Å²) in [5, 5.41) is 4.47. The Bertz CT molecular complexity index is 594. The summed E-state index contributed by atoms with van der Waals surface area (Å²) >= 11 is 0. The van der Waals surface area contributed by atoms with E-state index in [1.165, 1.54) is 6.07 Å². The number of halogens is 1. The highest BCUT2D eigenvalue weighted by Gasteiger charge is 2.24. The normalized spacial score (nSPS) is 11.9. The average Bonchev–Trinajstić information content (AvgIpc) is 2.72. The van der Waals surface area contributed by atoms with Gasteiger partial charge in [0.2, 0.25) is 0 Å². The first kappa shape index (κ1) is 13.7. The molecule has 102 valence electrons. The standard InChI is InChI=1S/C15H20FN3/c1-15(2,3)14-12(9-19(4)18-14)11-7-10(8-17)5-6-13(11)16/h5-7,9H,8,17H2,1-4H3. The Kier molecular flexibility index (Phi) is 3.45. The molecular formula is C15H20FN3. The third kappa shape index (κ3) is 2.68. The third-order valence-electron chi connectivity index (χ3n) is 3.10. The molecule has 4 heteroatoms. The number of hydrogen-bond acceptors (Lipinski definition) is 2. The number of aryl methyl sites for hydroxylation is 1. The van der Waals surface area contributed by atoms with Crippen LogP contribution in [-0.2, 0) is 19.0 Å². The van der Waals surface area contributed by atoms with Crippen molar-refractivity contribution < 1.29 is 4.39 Å². The van der Waals surface area contributed by atoms with Gasteiger partial charge in [0.25, 0.3) is 0 Å². The lowest BCUT2D eigenvalue weighted by molar-refractivity contribution is 0.553. The molecule has 0 aliphatic rings. The molecule has 2 rings (SSSR count). The smallest absolute Gasteiger partial charge is 0.131 e. The molecule has 0 unspecified atom stereocenters. The van der Waals surface area contributed by atoms with Gasteiger partial charge in [0, 0.05) is 36.3 Å². The molecule has 0 saturated carbocycles. The maximum Gasteiger partial charge on any atom is 0.131 e. The fourth-order valence-electron chi connectivity index (χ4n) is 2.15. The van der Waals surface area contributed by atoms with E-state index in [2.05, 4.69) is 25.9 Å². The fraction of sp³-hybridized carbons (Fsp3) is 0.400. The van der Waals surface area contributed by atoms with E-state index >= 15 is 0 Å². The van der Waals surface area contributed by atoms with Gasteiger partial charge in [-0.1, -0.05) is 26.8 Å². The molecule has 0 fully saturated rings. The minimum Gasteiger partial charge on any atom is -0.326 e. The quantitative estimate of drug-likeness (QED) is 0.903. The van der Waals surface area contributed by atoms with E-state index in [-0.39, 0.29) is 11.2 Å². The lowest BCUT2D eigenvalue weighted by Crippen LogP contribution is -2.14. The lowest BCUT2D eigenvalue weighted by atomic mass is 9.87. The molecule has 0 bridgehead atoms. The predicted molar refractivity (Wildman–Crippen MR) is 75.2 cm³/mol.